The van der Waals surface area contributed by atoms with Gasteiger partial charge in [-0.05, 0) is 62.1 Å². The molecule has 0 spiro atoms. The summed E-state index contributed by atoms with van der Waals surface area (Å²) < 4.78 is 0. The van der Waals surface area contributed by atoms with Crippen LogP contribution in [0.5, 0.6) is 0 Å². The lowest BCUT2D eigenvalue weighted by Gasteiger charge is -2.20. The van der Waals surface area contributed by atoms with Crippen LogP contribution in [0.1, 0.15) is 43.2 Å². The van der Waals surface area contributed by atoms with Crippen molar-refractivity contribution in [1.82, 2.24) is 4.98 Å². The van der Waals surface area contributed by atoms with Crippen LogP contribution in [-0.4, -0.2) is 10.9 Å². The van der Waals surface area contributed by atoms with E-state index in [0.29, 0.717) is 0 Å². The minimum atomic E-state index is 0.131. The molecule has 2 N–H and O–H groups in total. The van der Waals surface area contributed by atoms with Gasteiger partial charge in [-0.2, -0.15) is 0 Å². The predicted octanol–water partition coefficient (Wildman–Crippen LogP) is 4.96. The second kappa shape index (κ2) is 7.47. The highest BCUT2D eigenvalue weighted by Gasteiger charge is 2.20. The summed E-state index contributed by atoms with van der Waals surface area (Å²) in [6.45, 7) is 4.19. The number of nitrogens with one attached hydrogen (secondary N) is 2. The topological polar surface area (TPSA) is 54.0 Å². The summed E-state index contributed by atoms with van der Waals surface area (Å²) in [5.41, 5.74) is 4.30. The molecule has 1 aromatic heterocycles. The molecule has 1 saturated carbocycles. The molecule has 1 amide bonds. The lowest BCUT2D eigenvalue weighted by molar-refractivity contribution is -0.120. The largest absolute Gasteiger partial charge is 0.340 e. The number of hydrogen-bond acceptors (Lipinski definition) is 3. The van der Waals surface area contributed by atoms with Crippen molar-refractivity contribution < 1.29 is 4.79 Å². The van der Waals surface area contributed by atoms with Gasteiger partial charge in [0.15, 0.2) is 0 Å². The van der Waals surface area contributed by atoms with Crippen LogP contribution in [0.15, 0.2) is 36.5 Å². The summed E-state index contributed by atoms with van der Waals surface area (Å²) in [7, 11) is 0. The van der Waals surface area contributed by atoms with Crippen LogP contribution in [0.3, 0.4) is 0 Å². The number of carbonyl (C=O) groups excluding carboxylic acids is 1. The second-order valence-corrected chi connectivity index (χ2v) is 6.68. The van der Waals surface area contributed by atoms with Crippen molar-refractivity contribution in [2.75, 3.05) is 10.6 Å². The van der Waals surface area contributed by atoms with E-state index in [2.05, 4.69) is 41.6 Å². The number of aryl methyl sites for hydroxylation is 2. The summed E-state index contributed by atoms with van der Waals surface area (Å²) in [6, 6.07) is 10.0. The second-order valence-electron chi connectivity index (χ2n) is 6.68. The third-order valence-electron chi connectivity index (χ3n) is 4.79. The number of carbonyl (C=O) groups is 1. The van der Waals surface area contributed by atoms with Crippen LogP contribution < -0.4 is 10.6 Å². The van der Waals surface area contributed by atoms with Gasteiger partial charge in [-0.1, -0.05) is 25.3 Å². The molecule has 4 nitrogen and oxygen atoms in total. The highest BCUT2D eigenvalue weighted by Crippen LogP contribution is 2.25. The van der Waals surface area contributed by atoms with Crippen molar-refractivity contribution in [2.24, 2.45) is 5.92 Å². The lowest BCUT2D eigenvalue weighted by Crippen LogP contribution is -2.24. The molecular formula is C20H25N3O. The van der Waals surface area contributed by atoms with E-state index < -0.39 is 0 Å². The Morgan fingerprint density at radius 2 is 1.75 bits per heavy atom. The summed E-state index contributed by atoms with van der Waals surface area (Å²) in [5.74, 6) is 1.06. The maximum absolute atomic E-state index is 12.3. The SMILES string of the molecule is Cc1ccc(Nc2ccc(NC(=O)C3CCCCC3)cn2)cc1C. The Hall–Kier alpha value is -2.36. The van der Waals surface area contributed by atoms with Gasteiger partial charge in [-0.3, -0.25) is 4.79 Å². The van der Waals surface area contributed by atoms with Crippen LogP contribution >= 0.6 is 0 Å². The molecule has 0 unspecified atom stereocenters. The molecule has 0 aliphatic heterocycles. The number of nitrogens with zero attached hydrogens (tertiary/aromatic N) is 1. The van der Waals surface area contributed by atoms with Gasteiger partial charge >= 0.3 is 0 Å². The van der Waals surface area contributed by atoms with Gasteiger partial charge in [-0.15, -0.1) is 0 Å². The average molecular weight is 323 g/mol. The molecule has 3 rings (SSSR count). The molecule has 1 aliphatic rings. The third-order valence-corrected chi connectivity index (χ3v) is 4.79. The van der Waals surface area contributed by atoms with Crippen molar-refractivity contribution in [3.63, 3.8) is 0 Å². The maximum Gasteiger partial charge on any atom is 0.227 e. The van der Waals surface area contributed by atoms with Crippen LogP contribution in [0, 0.1) is 19.8 Å². The molecule has 1 heterocycles. The van der Waals surface area contributed by atoms with Crippen LogP contribution in [0.2, 0.25) is 0 Å². The minimum absolute atomic E-state index is 0.131. The molecule has 1 aromatic carbocycles. The monoisotopic (exact) mass is 323 g/mol. The number of anilines is 3. The van der Waals surface area contributed by atoms with Crippen LogP contribution in [0.25, 0.3) is 0 Å². The Kier molecular flexibility index (Phi) is 5.14. The Labute approximate surface area is 143 Å². The fourth-order valence-electron chi connectivity index (χ4n) is 3.12. The standard InChI is InChI=1S/C20H25N3O/c1-14-8-9-17(12-15(14)2)22-19-11-10-18(13-21-19)23-20(24)16-6-4-3-5-7-16/h8-13,16H,3-7H2,1-2H3,(H,21,22)(H,23,24). The normalized spacial score (nSPS) is 15.1. The zero-order valence-electron chi connectivity index (χ0n) is 14.4. The van der Waals surface area contributed by atoms with Gasteiger partial charge in [0.05, 0.1) is 11.9 Å². The zero-order valence-corrected chi connectivity index (χ0v) is 14.4. The minimum Gasteiger partial charge on any atom is -0.340 e. The maximum atomic E-state index is 12.3. The van der Waals surface area contributed by atoms with E-state index in [0.717, 1.165) is 42.9 Å². The molecule has 0 atom stereocenters. The van der Waals surface area contributed by atoms with Gasteiger partial charge in [0.2, 0.25) is 5.91 Å². The Morgan fingerprint density at radius 1 is 1.00 bits per heavy atom. The Morgan fingerprint density at radius 3 is 2.42 bits per heavy atom. The summed E-state index contributed by atoms with van der Waals surface area (Å²) >= 11 is 0. The van der Waals surface area contributed by atoms with Crippen molar-refractivity contribution in [3.05, 3.63) is 47.7 Å². The first-order chi connectivity index (χ1) is 11.6. The van der Waals surface area contributed by atoms with Gasteiger partial charge in [-0.25, -0.2) is 4.98 Å². The van der Waals surface area contributed by atoms with E-state index in [4.69, 9.17) is 0 Å². The summed E-state index contributed by atoms with van der Waals surface area (Å²) in [5, 5.41) is 6.28. The van der Waals surface area contributed by atoms with Crippen LogP contribution in [-0.2, 0) is 4.79 Å². The molecule has 4 heteroatoms. The van der Waals surface area contributed by atoms with Gasteiger partial charge in [0.1, 0.15) is 5.82 Å². The lowest BCUT2D eigenvalue weighted by atomic mass is 9.88. The number of amides is 1. The van der Waals surface area contributed by atoms with Gasteiger partial charge in [0, 0.05) is 11.6 Å². The van der Waals surface area contributed by atoms with E-state index in [1.54, 1.807) is 6.20 Å². The number of hydrogen-bond donors (Lipinski definition) is 2. The number of pyridine rings is 1. The summed E-state index contributed by atoms with van der Waals surface area (Å²) in [6.07, 6.45) is 7.30. The fourth-order valence-corrected chi connectivity index (χ4v) is 3.12. The predicted molar refractivity (Wildman–Crippen MR) is 98.6 cm³/mol. The molecule has 0 saturated heterocycles. The number of benzene rings is 1. The molecule has 1 aliphatic carbocycles. The Bertz CT molecular complexity index is 703. The zero-order chi connectivity index (χ0) is 16.9. The smallest absolute Gasteiger partial charge is 0.227 e. The first kappa shape index (κ1) is 16.5. The van der Waals surface area contributed by atoms with Crippen molar-refractivity contribution >= 4 is 23.1 Å². The molecule has 0 radical (unpaired) electrons. The number of aromatic nitrogens is 1. The first-order valence-electron chi connectivity index (χ1n) is 8.73. The quantitative estimate of drug-likeness (QED) is 0.836. The van der Waals surface area contributed by atoms with Gasteiger partial charge in [0.25, 0.3) is 0 Å². The third kappa shape index (κ3) is 4.13. The highest BCUT2D eigenvalue weighted by atomic mass is 16.1. The van der Waals surface area contributed by atoms with Crippen LogP contribution in [0.4, 0.5) is 17.2 Å². The van der Waals surface area contributed by atoms with Crippen molar-refractivity contribution in [3.8, 4) is 0 Å². The van der Waals surface area contributed by atoms with Gasteiger partial charge < -0.3 is 10.6 Å². The average Bonchev–Trinajstić information content (AvgIpc) is 2.61. The molecule has 24 heavy (non-hydrogen) atoms. The summed E-state index contributed by atoms with van der Waals surface area (Å²) in [4.78, 5) is 16.7. The molecular weight excluding hydrogens is 298 g/mol. The molecule has 2 aromatic rings. The molecule has 0 bridgehead atoms. The van der Waals surface area contributed by atoms with Crippen molar-refractivity contribution in [1.29, 1.82) is 0 Å². The van der Waals surface area contributed by atoms with E-state index >= 15 is 0 Å². The van der Waals surface area contributed by atoms with Crippen molar-refractivity contribution in [2.45, 2.75) is 46.0 Å². The van der Waals surface area contributed by atoms with E-state index in [9.17, 15) is 4.79 Å². The first-order valence-corrected chi connectivity index (χ1v) is 8.73. The number of rotatable bonds is 4. The highest BCUT2D eigenvalue weighted by molar-refractivity contribution is 5.92. The molecule has 126 valence electrons. The van der Waals surface area contributed by atoms with E-state index in [-0.39, 0.29) is 11.8 Å². The molecule has 1 fully saturated rings. The fraction of sp³-hybridized carbons (Fsp3) is 0.400. The van der Waals surface area contributed by atoms with E-state index in [1.807, 2.05) is 18.2 Å². The van der Waals surface area contributed by atoms with E-state index in [1.165, 1.54) is 17.5 Å². The Balaban J connectivity index is 1.60.